The third-order valence-electron chi connectivity index (χ3n) is 5.72. The van der Waals surface area contributed by atoms with Crippen molar-refractivity contribution >= 4 is 17.4 Å². The van der Waals surface area contributed by atoms with Crippen LogP contribution in [0.2, 0.25) is 0 Å². The second-order valence-corrected chi connectivity index (χ2v) is 7.97. The van der Waals surface area contributed by atoms with Crippen LogP contribution in [0.25, 0.3) is 5.65 Å². The molecule has 4 rings (SSSR count). The zero-order valence-corrected chi connectivity index (χ0v) is 16.6. The maximum absolute atomic E-state index is 13.3. The molecule has 0 atom stereocenters. The number of fused-ring (bicyclic) bond motifs is 1. The van der Waals surface area contributed by atoms with Crippen molar-refractivity contribution in [2.45, 2.75) is 51.1 Å². The van der Waals surface area contributed by atoms with Gasteiger partial charge in [-0.1, -0.05) is 62.4 Å². The van der Waals surface area contributed by atoms with Crippen molar-refractivity contribution in [1.82, 2.24) is 9.38 Å². The second kappa shape index (κ2) is 8.50. The van der Waals surface area contributed by atoms with Gasteiger partial charge in [-0.2, -0.15) is 13.2 Å². The van der Waals surface area contributed by atoms with Gasteiger partial charge in [-0.05, 0) is 30.0 Å². The fraction of sp³-hybridized carbons (Fsp3) is 0.391. The molecule has 30 heavy (non-hydrogen) atoms. The number of hydrogen-bond donors (Lipinski definition) is 1. The number of nitrogens with zero attached hydrogens (tertiary/aromatic N) is 2. The molecule has 1 aliphatic rings. The summed E-state index contributed by atoms with van der Waals surface area (Å²) in [5.74, 6) is 0.518. The van der Waals surface area contributed by atoms with Gasteiger partial charge in [-0.15, -0.1) is 0 Å². The highest BCUT2D eigenvalue weighted by molar-refractivity contribution is 5.92. The Bertz CT molecular complexity index is 1020. The van der Waals surface area contributed by atoms with E-state index < -0.39 is 11.7 Å². The van der Waals surface area contributed by atoms with E-state index in [4.69, 9.17) is 0 Å². The quantitative estimate of drug-likeness (QED) is 0.585. The number of carbonyl (C=O) groups is 1. The highest BCUT2D eigenvalue weighted by atomic mass is 19.4. The van der Waals surface area contributed by atoms with E-state index in [0.29, 0.717) is 29.5 Å². The van der Waals surface area contributed by atoms with Crippen molar-refractivity contribution in [2.24, 2.45) is 5.92 Å². The molecule has 0 unspecified atom stereocenters. The first kappa shape index (κ1) is 20.4. The molecule has 0 aliphatic heterocycles. The number of carbonyl (C=O) groups excluding carboxylic acids is 1. The minimum atomic E-state index is -4.43. The SMILES string of the molecule is O=C(Cc1ccccc1)Nc1nc2ccc(C(F)(F)F)cn2c1CC1CCCCC1. The number of benzene rings is 1. The van der Waals surface area contributed by atoms with Crippen LogP contribution < -0.4 is 5.32 Å². The molecule has 1 saturated carbocycles. The van der Waals surface area contributed by atoms with Crippen LogP contribution in [0.5, 0.6) is 0 Å². The molecule has 1 aliphatic carbocycles. The summed E-state index contributed by atoms with van der Waals surface area (Å²) in [6.45, 7) is 0. The molecule has 2 heterocycles. The van der Waals surface area contributed by atoms with Crippen molar-refractivity contribution in [2.75, 3.05) is 5.32 Å². The van der Waals surface area contributed by atoms with Gasteiger partial charge in [0.05, 0.1) is 17.7 Å². The molecule has 3 aromatic rings. The van der Waals surface area contributed by atoms with E-state index in [1.165, 1.54) is 16.9 Å². The average molecular weight is 415 g/mol. The second-order valence-electron chi connectivity index (χ2n) is 7.97. The lowest BCUT2D eigenvalue weighted by Crippen LogP contribution is -2.18. The predicted molar refractivity (Wildman–Crippen MR) is 109 cm³/mol. The highest BCUT2D eigenvalue weighted by Crippen LogP contribution is 2.33. The summed E-state index contributed by atoms with van der Waals surface area (Å²) < 4.78 is 41.3. The van der Waals surface area contributed by atoms with Gasteiger partial charge >= 0.3 is 6.18 Å². The lowest BCUT2D eigenvalue weighted by molar-refractivity contribution is -0.137. The first-order chi connectivity index (χ1) is 14.4. The zero-order valence-electron chi connectivity index (χ0n) is 16.6. The van der Waals surface area contributed by atoms with E-state index in [-0.39, 0.29) is 12.3 Å². The lowest BCUT2D eigenvalue weighted by Gasteiger charge is -2.22. The molecule has 158 valence electrons. The maximum atomic E-state index is 13.3. The van der Waals surface area contributed by atoms with Gasteiger partial charge < -0.3 is 9.72 Å². The summed E-state index contributed by atoms with van der Waals surface area (Å²) >= 11 is 0. The average Bonchev–Trinajstić information content (AvgIpc) is 3.05. The molecule has 0 saturated heterocycles. The molecule has 1 amide bonds. The lowest BCUT2D eigenvalue weighted by atomic mass is 9.86. The first-order valence-corrected chi connectivity index (χ1v) is 10.3. The van der Waals surface area contributed by atoms with Crippen molar-refractivity contribution in [3.63, 3.8) is 0 Å². The van der Waals surface area contributed by atoms with Gasteiger partial charge in [-0.25, -0.2) is 4.98 Å². The molecule has 1 N–H and O–H groups in total. The first-order valence-electron chi connectivity index (χ1n) is 10.3. The summed E-state index contributed by atoms with van der Waals surface area (Å²) in [7, 11) is 0. The number of aromatic nitrogens is 2. The monoisotopic (exact) mass is 415 g/mol. The molecule has 7 heteroatoms. The van der Waals surface area contributed by atoms with Crippen LogP contribution in [-0.4, -0.2) is 15.3 Å². The summed E-state index contributed by atoms with van der Waals surface area (Å²) in [4.78, 5) is 17.0. The molecule has 2 aromatic heterocycles. The molecule has 0 radical (unpaired) electrons. The standard InChI is InChI=1S/C23H24F3N3O/c24-23(25,26)18-11-12-20-27-22(28-21(30)14-17-9-5-2-6-10-17)19(29(20)15-18)13-16-7-3-1-4-8-16/h2,5-6,9-12,15-16H,1,3-4,7-8,13-14H2,(H,28,30). The van der Waals surface area contributed by atoms with Crippen molar-refractivity contribution in [3.8, 4) is 0 Å². The number of imidazole rings is 1. The number of rotatable bonds is 5. The van der Waals surface area contributed by atoms with Crippen molar-refractivity contribution < 1.29 is 18.0 Å². The Morgan fingerprint density at radius 2 is 1.80 bits per heavy atom. The number of halogens is 3. The maximum Gasteiger partial charge on any atom is 0.417 e. The van der Waals surface area contributed by atoms with Crippen molar-refractivity contribution in [1.29, 1.82) is 0 Å². The fourth-order valence-electron chi connectivity index (χ4n) is 4.18. The third kappa shape index (κ3) is 4.66. The number of hydrogen-bond acceptors (Lipinski definition) is 2. The molecule has 1 fully saturated rings. The van der Waals surface area contributed by atoms with E-state index >= 15 is 0 Å². The zero-order chi connectivity index (χ0) is 21.1. The largest absolute Gasteiger partial charge is 0.417 e. The Kier molecular flexibility index (Phi) is 5.79. The van der Waals surface area contributed by atoms with Crippen LogP contribution in [0.15, 0.2) is 48.7 Å². The van der Waals surface area contributed by atoms with Crippen LogP contribution in [0, 0.1) is 5.92 Å². The van der Waals surface area contributed by atoms with Gasteiger partial charge in [0, 0.05) is 6.20 Å². The topological polar surface area (TPSA) is 46.4 Å². The van der Waals surface area contributed by atoms with Crippen LogP contribution in [0.3, 0.4) is 0 Å². The van der Waals surface area contributed by atoms with Crippen molar-refractivity contribution in [3.05, 3.63) is 65.5 Å². The number of amides is 1. The molecule has 0 spiro atoms. The summed E-state index contributed by atoms with van der Waals surface area (Å²) in [6.07, 6.45) is 2.99. The summed E-state index contributed by atoms with van der Waals surface area (Å²) in [5.41, 5.74) is 1.19. The Morgan fingerprint density at radius 1 is 1.07 bits per heavy atom. The van der Waals surface area contributed by atoms with Crippen LogP contribution in [0.4, 0.5) is 19.0 Å². The van der Waals surface area contributed by atoms with Gasteiger partial charge in [0.1, 0.15) is 5.65 Å². The minimum absolute atomic E-state index is 0.186. The third-order valence-corrected chi connectivity index (χ3v) is 5.72. The molecule has 4 nitrogen and oxygen atoms in total. The fourth-order valence-corrected chi connectivity index (χ4v) is 4.18. The van der Waals surface area contributed by atoms with E-state index in [9.17, 15) is 18.0 Å². The van der Waals surface area contributed by atoms with Gasteiger partial charge in [-0.3, -0.25) is 4.79 Å². The van der Waals surface area contributed by atoms with Gasteiger partial charge in [0.2, 0.25) is 5.91 Å². The number of anilines is 1. The van der Waals surface area contributed by atoms with E-state index in [1.807, 2.05) is 30.3 Å². The molecule has 1 aromatic carbocycles. The number of pyridine rings is 1. The molecular weight excluding hydrogens is 391 g/mol. The van der Waals surface area contributed by atoms with E-state index in [1.54, 1.807) is 0 Å². The Hall–Kier alpha value is -2.83. The smallest absolute Gasteiger partial charge is 0.309 e. The highest BCUT2D eigenvalue weighted by Gasteiger charge is 2.31. The minimum Gasteiger partial charge on any atom is -0.309 e. The van der Waals surface area contributed by atoms with Crippen LogP contribution >= 0.6 is 0 Å². The summed E-state index contributed by atoms with van der Waals surface area (Å²) in [5, 5.41) is 2.84. The predicted octanol–water partition coefficient (Wildman–Crippen LogP) is 5.66. The summed E-state index contributed by atoms with van der Waals surface area (Å²) in [6, 6.07) is 11.7. The number of alkyl halides is 3. The normalized spacial score (nSPS) is 15.4. The molecular formula is C23H24F3N3O. The van der Waals surface area contributed by atoms with Gasteiger partial charge in [0.15, 0.2) is 5.82 Å². The number of nitrogens with one attached hydrogen (secondary N) is 1. The van der Waals surface area contributed by atoms with E-state index in [2.05, 4.69) is 10.3 Å². The Labute approximate surface area is 173 Å². The van der Waals surface area contributed by atoms with Gasteiger partial charge in [0.25, 0.3) is 0 Å². The Balaban J connectivity index is 1.66. The Morgan fingerprint density at radius 3 is 2.50 bits per heavy atom. The van der Waals surface area contributed by atoms with Crippen LogP contribution in [0.1, 0.15) is 48.9 Å². The molecule has 0 bridgehead atoms. The van der Waals surface area contributed by atoms with Crippen LogP contribution in [-0.2, 0) is 23.8 Å². The van der Waals surface area contributed by atoms with E-state index in [0.717, 1.165) is 43.5 Å².